The third-order valence-corrected chi connectivity index (χ3v) is 4.85. The molecule has 0 atom stereocenters. The minimum absolute atomic E-state index is 0.766. The summed E-state index contributed by atoms with van der Waals surface area (Å²) in [6.45, 7) is 6.40. The Kier molecular flexibility index (Phi) is 4.91. The van der Waals surface area contributed by atoms with Gasteiger partial charge in [-0.3, -0.25) is 4.90 Å². The average molecular weight is 302 g/mol. The zero-order valence-corrected chi connectivity index (χ0v) is 13.3. The van der Waals surface area contributed by atoms with Crippen LogP contribution in [0.3, 0.4) is 0 Å². The van der Waals surface area contributed by atoms with Crippen LogP contribution >= 0.6 is 11.3 Å². The molecule has 4 heteroatoms. The highest BCUT2D eigenvalue weighted by Crippen LogP contribution is 2.26. The molecule has 1 aliphatic rings. The molecular formula is C17H22N2OS. The van der Waals surface area contributed by atoms with Crippen molar-refractivity contribution in [3.63, 3.8) is 0 Å². The number of likely N-dealkylation sites (N-methyl/N-ethyl adjacent to an activating group) is 1. The molecule has 112 valence electrons. The van der Waals surface area contributed by atoms with Crippen molar-refractivity contribution in [3.8, 4) is 16.2 Å². The molecule has 0 radical (unpaired) electrons. The lowest BCUT2D eigenvalue weighted by Gasteiger charge is -2.32. The van der Waals surface area contributed by atoms with Gasteiger partial charge in [0, 0.05) is 37.6 Å². The van der Waals surface area contributed by atoms with Gasteiger partial charge < -0.3 is 9.64 Å². The van der Waals surface area contributed by atoms with Gasteiger partial charge in [-0.05, 0) is 48.3 Å². The predicted molar refractivity (Wildman–Crippen MR) is 89.2 cm³/mol. The van der Waals surface area contributed by atoms with Gasteiger partial charge in [-0.2, -0.15) is 0 Å². The maximum Gasteiger partial charge on any atom is 0.119 e. The molecule has 2 heterocycles. The third kappa shape index (κ3) is 4.06. The van der Waals surface area contributed by atoms with Gasteiger partial charge in [-0.1, -0.05) is 6.07 Å². The Hall–Kier alpha value is -1.36. The highest BCUT2D eigenvalue weighted by Gasteiger charge is 2.13. The second-order valence-electron chi connectivity index (χ2n) is 5.50. The van der Waals surface area contributed by atoms with Crippen molar-refractivity contribution in [1.29, 1.82) is 0 Å². The van der Waals surface area contributed by atoms with Crippen LogP contribution in [0.2, 0.25) is 0 Å². The first-order valence-corrected chi connectivity index (χ1v) is 8.37. The van der Waals surface area contributed by atoms with Crippen LogP contribution in [0.5, 0.6) is 5.75 Å². The Morgan fingerprint density at radius 3 is 2.48 bits per heavy atom. The summed E-state index contributed by atoms with van der Waals surface area (Å²) >= 11 is 1.77. The van der Waals surface area contributed by atoms with Gasteiger partial charge in [0.05, 0.1) is 0 Å². The second kappa shape index (κ2) is 7.07. The molecule has 0 aliphatic carbocycles. The molecule has 0 N–H and O–H groups in total. The number of rotatable bonds is 5. The minimum atomic E-state index is 0.766. The smallest absolute Gasteiger partial charge is 0.119 e. The number of nitrogens with zero attached hydrogens (tertiary/aromatic N) is 2. The molecule has 1 aromatic carbocycles. The van der Waals surface area contributed by atoms with Crippen LogP contribution in [-0.4, -0.2) is 56.2 Å². The van der Waals surface area contributed by atoms with Gasteiger partial charge in [-0.15, -0.1) is 11.3 Å². The normalized spacial score (nSPS) is 17.0. The van der Waals surface area contributed by atoms with E-state index in [2.05, 4.69) is 58.6 Å². The quantitative estimate of drug-likeness (QED) is 0.844. The van der Waals surface area contributed by atoms with Crippen molar-refractivity contribution >= 4 is 11.3 Å². The summed E-state index contributed by atoms with van der Waals surface area (Å²) in [5.74, 6) is 0.962. The summed E-state index contributed by atoms with van der Waals surface area (Å²) in [5.41, 5.74) is 1.26. The SMILES string of the molecule is CN1CCN(CCOc2ccc(-c3cccs3)cc2)CC1. The molecule has 0 unspecified atom stereocenters. The van der Waals surface area contributed by atoms with Crippen molar-refractivity contribution in [2.45, 2.75) is 0 Å². The van der Waals surface area contributed by atoms with Gasteiger partial charge >= 0.3 is 0 Å². The number of benzene rings is 1. The standard InChI is InChI=1S/C17H22N2OS/c1-18-8-10-19(11-9-18)12-13-20-16-6-4-15(5-7-16)17-3-2-14-21-17/h2-7,14H,8-13H2,1H3. The molecule has 21 heavy (non-hydrogen) atoms. The fourth-order valence-electron chi connectivity index (χ4n) is 2.52. The molecule has 0 bridgehead atoms. The number of hydrogen-bond acceptors (Lipinski definition) is 4. The molecule has 1 aliphatic heterocycles. The maximum atomic E-state index is 5.86. The molecule has 0 spiro atoms. The van der Waals surface area contributed by atoms with E-state index < -0.39 is 0 Å². The van der Waals surface area contributed by atoms with E-state index in [0.717, 1.165) is 45.1 Å². The van der Waals surface area contributed by atoms with E-state index >= 15 is 0 Å². The molecule has 1 fully saturated rings. The summed E-state index contributed by atoms with van der Waals surface area (Å²) in [4.78, 5) is 6.15. The van der Waals surface area contributed by atoms with E-state index in [-0.39, 0.29) is 0 Å². The van der Waals surface area contributed by atoms with Crippen LogP contribution in [0.25, 0.3) is 10.4 Å². The van der Waals surface area contributed by atoms with Crippen molar-refractivity contribution in [2.24, 2.45) is 0 Å². The number of thiophene rings is 1. The molecule has 1 saturated heterocycles. The monoisotopic (exact) mass is 302 g/mol. The Morgan fingerprint density at radius 2 is 1.81 bits per heavy atom. The lowest BCUT2D eigenvalue weighted by atomic mass is 10.2. The van der Waals surface area contributed by atoms with Gasteiger partial charge in [0.1, 0.15) is 12.4 Å². The van der Waals surface area contributed by atoms with E-state index in [1.165, 1.54) is 10.4 Å². The van der Waals surface area contributed by atoms with Crippen molar-refractivity contribution in [2.75, 3.05) is 46.4 Å². The molecule has 0 amide bonds. The maximum absolute atomic E-state index is 5.86. The Bertz CT molecular complexity index is 530. The van der Waals surface area contributed by atoms with Crippen molar-refractivity contribution in [3.05, 3.63) is 41.8 Å². The molecular weight excluding hydrogens is 280 g/mol. The molecule has 3 nitrogen and oxygen atoms in total. The van der Waals surface area contributed by atoms with Gasteiger partial charge in [0.25, 0.3) is 0 Å². The Labute approximate surface area is 130 Å². The largest absolute Gasteiger partial charge is 0.492 e. The lowest BCUT2D eigenvalue weighted by molar-refractivity contribution is 0.134. The molecule has 1 aromatic heterocycles. The van der Waals surface area contributed by atoms with Crippen LogP contribution in [-0.2, 0) is 0 Å². The van der Waals surface area contributed by atoms with E-state index in [4.69, 9.17) is 4.74 Å². The zero-order valence-electron chi connectivity index (χ0n) is 12.5. The van der Waals surface area contributed by atoms with Crippen molar-refractivity contribution in [1.82, 2.24) is 9.80 Å². The average Bonchev–Trinajstić information content (AvgIpc) is 3.04. The Balaban J connectivity index is 1.45. The third-order valence-electron chi connectivity index (χ3n) is 3.93. The second-order valence-corrected chi connectivity index (χ2v) is 6.44. The topological polar surface area (TPSA) is 15.7 Å². The number of ether oxygens (including phenoxy) is 1. The molecule has 3 rings (SSSR count). The van der Waals surface area contributed by atoms with E-state index in [1.807, 2.05) is 0 Å². The zero-order chi connectivity index (χ0) is 14.5. The van der Waals surface area contributed by atoms with Crippen LogP contribution in [0, 0.1) is 0 Å². The van der Waals surface area contributed by atoms with E-state index in [9.17, 15) is 0 Å². The Morgan fingerprint density at radius 1 is 1.05 bits per heavy atom. The van der Waals surface area contributed by atoms with Crippen LogP contribution in [0.15, 0.2) is 41.8 Å². The fraction of sp³-hybridized carbons (Fsp3) is 0.412. The van der Waals surface area contributed by atoms with Crippen LogP contribution in [0.1, 0.15) is 0 Å². The first-order chi connectivity index (χ1) is 10.3. The van der Waals surface area contributed by atoms with Gasteiger partial charge in [-0.25, -0.2) is 0 Å². The lowest BCUT2D eigenvalue weighted by Crippen LogP contribution is -2.45. The first kappa shape index (κ1) is 14.6. The number of piperazine rings is 1. The molecule has 2 aromatic rings. The highest BCUT2D eigenvalue weighted by molar-refractivity contribution is 7.13. The van der Waals surface area contributed by atoms with Crippen LogP contribution in [0.4, 0.5) is 0 Å². The number of hydrogen-bond donors (Lipinski definition) is 0. The predicted octanol–water partition coefficient (Wildman–Crippen LogP) is 3.04. The van der Waals surface area contributed by atoms with Gasteiger partial charge in [0.15, 0.2) is 0 Å². The summed E-state index contributed by atoms with van der Waals surface area (Å²) in [6.07, 6.45) is 0. The first-order valence-electron chi connectivity index (χ1n) is 7.49. The van der Waals surface area contributed by atoms with E-state index in [1.54, 1.807) is 11.3 Å². The van der Waals surface area contributed by atoms with E-state index in [0.29, 0.717) is 0 Å². The summed E-state index contributed by atoms with van der Waals surface area (Å²) < 4.78 is 5.86. The summed E-state index contributed by atoms with van der Waals surface area (Å²) in [6, 6.07) is 12.6. The minimum Gasteiger partial charge on any atom is -0.492 e. The summed E-state index contributed by atoms with van der Waals surface area (Å²) in [5, 5.41) is 2.11. The summed E-state index contributed by atoms with van der Waals surface area (Å²) in [7, 11) is 2.18. The van der Waals surface area contributed by atoms with Crippen LogP contribution < -0.4 is 4.74 Å². The molecule has 0 saturated carbocycles. The fourth-order valence-corrected chi connectivity index (χ4v) is 3.26. The van der Waals surface area contributed by atoms with Crippen molar-refractivity contribution < 1.29 is 4.74 Å². The highest BCUT2D eigenvalue weighted by atomic mass is 32.1. The van der Waals surface area contributed by atoms with Gasteiger partial charge in [0.2, 0.25) is 0 Å².